The second-order valence-electron chi connectivity index (χ2n) is 5.47. The second kappa shape index (κ2) is 6.34. The van der Waals surface area contributed by atoms with Crippen LogP contribution < -0.4 is 5.32 Å². The summed E-state index contributed by atoms with van der Waals surface area (Å²) >= 11 is 0. The monoisotopic (exact) mass is 270 g/mol. The van der Waals surface area contributed by atoms with Crippen molar-refractivity contribution in [3.8, 4) is 0 Å². The summed E-state index contributed by atoms with van der Waals surface area (Å²) in [5, 5.41) is 12.2. The Balaban J connectivity index is 1.82. The number of hydrogen-bond acceptors (Lipinski definition) is 4. The van der Waals surface area contributed by atoms with Gasteiger partial charge in [-0.15, -0.1) is 0 Å². The van der Waals surface area contributed by atoms with Gasteiger partial charge in [-0.05, 0) is 31.7 Å². The van der Waals surface area contributed by atoms with Crippen molar-refractivity contribution in [1.82, 2.24) is 10.2 Å². The molecule has 2 fully saturated rings. The molecule has 0 aromatic heterocycles. The number of rotatable bonds is 4. The van der Waals surface area contributed by atoms with Crippen LogP contribution in [0.2, 0.25) is 0 Å². The van der Waals surface area contributed by atoms with Gasteiger partial charge >= 0.3 is 5.97 Å². The number of nitrogens with zero attached hydrogens (tertiary/aromatic N) is 1. The first kappa shape index (κ1) is 14.3. The third-order valence-corrected chi connectivity index (χ3v) is 3.99. The van der Waals surface area contributed by atoms with Crippen LogP contribution in [-0.2, 0) is 14.3 Å². The van der Waals surface area contributed by atoms with E-state index in [-0.39, 0.29) is 24.4 Å². The summed E-state index contributed by atoms with van der Waals surface area (Å²) in [7, 11) is 0. The Bertz CT molecular complexity index is 342. The molecule has 19 heavy (non-hydrogen) atoms. The Morgan fingerprint density at radius 2 is 2.00 bits per heavy atom. The number of carbonyl (C=O) groups excluding carboxylic acids is 1. The lowest BCUT2D eigenvalue weighted by Crippen LogP contribution is -2.47. The second-order valence-corrected chi connectivity index (χ2v) is 5.47. The van der Waals surface area contributed by atoms with Crippen molar-refractivity contribution in [2.45, 2.75) is 38.3 Å². The maximum Gasteiger partial charge on any atom is 0.321 e. The zero-order chi connectivity index (χ0) is 13.8. The molecule has 0 saturated carbocycles. The van der Waals surface area contributed by atoms with E-state index >= 15 is 0 Å². The highest BCUT2D eigenvalue weighted by Gasteiger charge is 2.37. The van der Waals surface area contributed by atoms with Crippen LogP contribution in [0.3, 0.4) is 0 Å². The maximum atomic E-state index is 12.0. The Labute approximate surface area is 113 Å². The highest BCUT2D eigenvalue weighted by Crippen LogP contribution is 2.23. The van der Waals surface area contributed by atoms with Crippen molar-refractivity contribution in [2.75, 3.05) is 26.3 Å². The van der Waals surface area contributed by atoms with E-state index in [0.29, 0.717) is 19.8 Å². The van der Waals surface area contributed by atoms with Gasteiger partial charge in [0.2, 0.25) is 5.91 Å². The molecule has 2 aliphatic heterocycles. The molecule has 0 aromatic rings. The van der Waals surface area contributed by atoms with Crippen LogP contribution in [0.15, 0.2) is 0 Å². The molecule has 6 nitrogen and oxygen atoms in total. The van der Waals surface area contributed by atoms with Crippen LogP contribution in [0, 0.1) is 5.92 Å². The number of amides is 1. The van der Waals surface area contributed by atoms with Crippen molar-refractivity contribution >= 4 is 11.9 Å². The molecule has 0 aliphatic carbocycles. The van der Waals surface area contributed by atoms with Crippen molar-refractivity contribution in [3.63, 3.8) is 0 Å². The number of hydrogen-bond donors (Lipinski definition) is 2. The van der Waals surface area contributed by atoms with Crippen LogP contribution in [-0.4, -0.2) is 60.3 Å². The van der Waals surface area contributed by atoms with E-state index in [9.17, 15) is 14.7 Å². The van der Waals surface area contributed by atoms with Crippen LogP contribution >= 0.6 is 0 Å². The summed E-state index contributed by atoms with van der Waals surface area (Å²) in [4.78, 5) is 24.9. The fraction of sp³-hybridized carbons (Fsp3) is 0.846. The number of aliphatic carboxylic acids is 1. The van der Waals surface area contributed by atoms with E-state index in [1.54, 1.807) is 4.90 Å². The quantitative estimate of drug-likeness (QED) is 0.756. The third-order valence-electron chi connectivity index (χ3n) is 3.99. The minimum absolute atomic E-state index is 0.0766. The molecule has 6 heteroatoms. The molecule has 2 N–H and O–H groups in total. The standard InChI is InChI=1S/C13H22N2O4/c1-9-2-5-15(12(9)13(17)18)8-11(16)14-10-3-6-19-7-4-10/h9-10,12H,2-8H2,1H3,(H,14,16)(H,17,18). The largest absolute Gasteiger partial charge is 0.480 e. The molecule has 2 heterocycles. The normalized spacial score (nSPS) is 29.3. The van der Waals surface area contributed by atoms with E-state index in [0.717, 1.165) is 19.3 Å². The number of carbonyl (C=O) groups is 2. The van der Waals surface area contributed by atoms with Gasteiger partial charge in [0, 0.05) is 19.3 Å². The SMILES string of the molecule is CC1CCN(CC(=O)NC2CCOCC2)C1C(=O)O. The zero-order valence-corrected chi connectivity index (χ0v) is 11.3. The molecule has 0 bridgehead atoms. The summed E-state index contributed by atoms with van der Waals surface area (Å²) in [6, 6.07) is -0.356. The van der Waals surface area contributed by atoms with Crippen LogP contribution in [0.4, 0.5) is 0 Å². The summed E-state index contributed by atoms with van der Waals surface area (Å²) in [5.41, 5.74) is 0. The molecular weight excluding hydrogens is 248 g/mol. The number of carboxylic acids is 1. The van der Waals surface area contributed by atoms with Crippen LogP contribution in [0.1, 0.15) is 26.2 Å². The zero-order valence-electron chi connectivity index (χ0n) is 11.3. The van der Waals surface area contributed by atoms with Crippen molar-refractivity contribution < 1.29 is 19.4 Å². The summed E-state index contributed by atoms with van der Waals surface area (Å²) in [6.07, 6.45) is 2.51. The first-order chi connectivity index (χ1) is 9.08. The van der Waals surface area contributed by atoms with E-state index in [1.165, 1.54) is 0 Å². The van der Waals surface area contributed by atoms with Gasteiger partial charge in [0.1, 0.15) is 6.04 Å². The Hall–Kier alpha value is -1.14. The smallest absolute Gasteiger partial charge is 0.321 e. The van der Waals surface area contributed by atoms with Crippen LogP contribution in [0.25, 0.3) is 0 Å². The van der Waals surface area contributed by atoms with Gasteiger partial charge in [-0.25, -0.2) is 0 Å². The number of carboxylic acid groups (broad SMARTS) is 1. The highest BCUT2D eigenvalue weighted by atomic mass is 16.5. The molecule has 108 valence electrons. The summed E-state index contributed by atoms with van der Waals surface area (Å²) in [6.45, 7) is 4.15. The first-order valence-corrected chi connectivity index (χ1v) is 6.92. The highest BCUT2D eigenvalue weighted by molar-refractivity contribution is 5.80. The lowest BCUT2D eigenvalue weighted by atomic mass is 10.0. The van der Waals surface area contributed by atoms with Crippen molar-refractivity contribution in [3.05, 3.63) is 0 Å². The molecule has 2 rings (SSSR count). The van der Waals surface area contributed by atoms with Gasteiger partial charge in [-0.1, -0.05) is 6.92 Å². The van der Waals surface area contributed by atoms with Gasteiger partial charge in [0.25, 0.3) is 0 Å². The summed E-state index contributed by atoms with van der Waals surface area (Å²) in [5.74, 6) is -0.801. The third kappa shape index (κ3) is 3.67. The molecule has 2 atom stereocenters. The average Bonchev–Trinajstić information content (AvgIpc) is 2.71. The Morgan fingerprint density at radius 3 is 2.63 bits per heavy atom. The van der Waals surface area contributed by atoms with Crippen LogP contribution in [0.5, 0.6) is 0 Å². The average molecular weight is 270 g/mol. The van der Waals surface area contributed by atoms with E-state index < -0.39 is 12.0 Å². The first-order valence-electron chi connectivity index (χ1n) is 6.92. The van der Waals surface area contributed by atoms with Gasteiger partial charge in [-0.2, -0.15) is 0 Å². The number of ether oxygens (including phenoxy) is 1. The van der Waals surface area contributed by atoms with E-state index in [2.05, 4.69) is 5.32 Å². The topological polar surface area (TPSA) is 78.9 Å². The summed E-state index contributed by atoms with van der Waals surface area (Å²) < 4.78 is 5.24. The number of likely N-dealkylation sites (tertiary alicyclic amines) is 1. The molecule has 1 amide bonds. The Morgan fingerprint density at radius 1 is 1.32 bits per heavy atom. The Kier molecular flexibility index (Phi) is 4.76. The van der Waals surface area contributed by atoms with Gasteiger partial charge in [-0.3, -0.25) is 14.5 Å². The van der Waals surface area contributed by atoms with Crippen molar-refractivity contribution in [2.24, 2.45) is 5.92 Å². The molecular formula is C13H22N2O4. The van der Waals surface area contributed by atoms with Gasteiger partial charge in [0.05, 0.1) is 6.54 Å². The minimum Gasteiger partial charge on any atom is -0.480 e. The van der Waals surface area contributed by atoms with Gasteiger partial charge < -0.3 is 15.2 Å². The molecule has 2 aliphatic rings. The fourth-order valence-corrected chi connectivity index (χ4v) is 2.90. The van der Waals surface area contributed by atoms with Crippen molar-refractivity contribution in [1.29, 1.82) is 0 Å². The number of nitrogens with one attached hydrogen (secondary N) is 1. The molecule has 0 aromatic carbocycles. The molecule has 2 saturated heterocycles. The predicted octanol–water partition coefficient (Wildman–Crippen LogP) is 0.0766. The fourth-order valence-electron chi connectivity index (χ4n) is 2.90. The van der Waals surface area contributed by atoms with E-state index in [4.69, 9.17) is 4.74 Å². The molecule has 0 spiro atoms. The lowest BCUT2D eigenvalue weighted by molar-refractivity contribution is -0.143. The molecule has 0 radical (unpaired) electrons. The van der Waals surface area contributed by atoms with E-state index in [1.807, 2.05) is 6.92 Å². The predicted molar refractivity (Wildman–Crippen MR) is 68.8 cm³/mol. The van der Waals surface area contributed by atoms with Gasteiger partial charge in [0.15, 0.2) is 0 Å². The minimum atomic E-state index is -0.830. The lowest BCUT2D eigenvalue weighted by Gasteiger charge is -2.26. The molecule has 2 unspecified atom stereocenters. The maximum absolute atomic E-state index is 12.0.